The highest BCUT2D eigenvalue weighted by atomic mass is 16.2. The summed E-state index contributed by atoms with van der Waals surface area (Å²) in [6.45, 7) is 0. The molecule has 0 radical (unpaired) electrons. The van der Waals surface area contributed by atoms with Crippen LogP contribution in [-0.4, -0.2) is 15.9 Å². The average Bonchev–Trinajstić information content (AvgIpc) is 2.89. The molecule has 2 heterocycles. The maximum atomic E-state index is 13.0. The first-order valence-corrected chi connectivity index (χ1v) is 7.57. The van der Waals surface area contributed by atoms with Crippen molar-refractivity contribution in [3.8, 4) is 0 Å². The molecular formula is C19H15N3O. The van der Waals surface area contributed by atoms with E-state index in [0.29, 0.717) is 6.42 Å². The molecule has 0 saturated heterocycles. The molecule has 112 valence electrons. The third-order valence-corrected chi connectivity index (χ3v) is 4.14. The fourth-order valence-electron chi connectivity index (χ4n) is 3.08. The Morgan fingerprint density at radius 1 is 0.957 bits per heavy atom. The fourth-order valence-corrected chi connectivity index (χ4v) is 3.08. The number of carbonyl (C=O) groups is 1. The summed E-state index contributed by atoms with van der Waals surface area (Å²) in [7, 11) is 0. The van der Waals surface area contributed by atoms with E-state index in [0.717, 1.165) is 22.6 Å². The highest BCUT2D eigenvalue weighted by molar-refractivity contribution is 6.10. The molecule has 0 N–H and O–H groups in total. The molecular weight excluding hydrogens is 286 g/mol. The number of carbonyl (C=O) groups excluding carboxylic acids is 1. The third kappa shape index (κ3) is 2.38. The van der Waals surface area contributed by atoms with Gasteiger partial charge in [-0.15, -0.1) is 0 Å². The topological polar surface area (TPSA) is 46.1 Å². The van der Waals surface area contributed by atoms with Crippen molar-refractivity contribution in [1.82, 2.24) is 9.97 Å². The number of hydrogen-bond acceptors (Lipinski definition) is 3. The summed E-state index contributed by atoms with van der Waals surface area (Å²) in [5.41, 5.74) is 3.79. The van der Waals surface area contributed by atoms with E-state index >= 15 is 0 Å². The normalized spacial score (nSPS) is 16.4. The van der Waals surface area contributed by atoms with Gasteiger partial charge in [0.1, 0.15) is 6.33 Å². The molecule has 4 rings (SSSR count). The van der Waals surface area contributed by atoms with E-state index in [2.05, 4.69) is 9.97 Å². The van der Waals surface area contributed by atoms with Crippen molar-refractivity contribution in [3.63, 3.8) is 0 Å². The monoisotopic (exact) mass is 301 g/mol. The summed E-state index contributed by atoms with van der Waals surface area (Å²) in [6.07, 6.45) is 3.82. The van der Waals surface area contributed by atoms with E-state index in [1.807, 2.05) is 60.7 Å². The van der Waals surface area contributed by atoms with Gasteiger partial charge in [-0.05, 0) is 29.8 Å². The molecule has 3 aromatic rings. The van der Waals surface area contributed by atoms with Gasteiger partial charge in [0.25, 0.3) is 0 Å². The molecule has 1 unspecified atom stereocenters. The van der Waals surface area contributed by atoms with Crippen molar-refractivity contribution in [2.45, 2.75) is 12.3 Å². The van der Waals surface area contributed by atoms with Gasteiger partial charge in [-0.3, -0.25) is 9.69 Å². The molecule has 1 atom stereocenters. The Balaban J connectivity index is 1.76. The predicted molar refractivity (Wildman–Crippen MR) is 88.5 cm³/mol. The van der Waals surface area contributed by atoms with Crippen molar-refractivity contribution in [1.29, 1.82) is 0 Å². The standard InChI is InChI=1S/C19H15N3O/c23-19-17(12-14-10-11-20-13-21-14)16-8-4-5-9-18(16)22(19)15-6-2-1-3-7-15/h1-11,13,17H,12H2. The van der Waals surface area contributed by atoms with Crippen molar-refractivity contribution >= 4 is 17.3 Å². The SMILES string of the molecule is O=C1C(Cc2ccncn2)c2ccccc2N1c1ccccc1. The van der Waals surface area contributed by atoms with Gasteiger partial charge in [0.05, 0.1) is 11.6 Å². The van der Waals surface area contributed by atoms with Gasteiger partial charge in [0, 0.05) is 24.0 Å². The average molecular weight is 301 g/mol. The van der Waals surface area contributed by atoms with Gasteiger partial charge < -0.3 is 0 Å². The predicted octanol–water partition coefficient (Wildman–Crippen LogP) is 3.48. The minimum absolute atomic E-state index is 0.0935. The largest absolute Gasteiger partial charge is 0.280 e. The Morgan fingerprint density at radius 3 is 2.52 bits per heavy atom. The van der Waals surface area contributed by atoms with Crippen LogP contribution in [0.2, 0.25) is 0 Å². The number of anilines is 2. The molecule has 1 aliphatic rings. The Morgan fingerprint density at radius 2 is 1.74 bits per heavy atom. The molecule has 2 aromatic carbocycles. The fraction of sp³-hybridized carbons (Fsp3) is 0.105. The van der Waals surface area contributed by atoms with E-state index in [1.54, 1.807) is 11.1 Å². The van der Waals surface area contributed by atoms with Crippen molar-refractivity contribution in [2.24, 2.45) is 0 Å². The molecule has 0 fully saturated rings. The van der Waals surface area contributed by atoms with Crippen LogP contribution in [0.4, 0.5) is 11.4 Å². The molecule has 1 amide bonds. The van der Waals surface area contributed by atoms with E-state index in [1.165, 1.54) is 6.33 Å². The second kappa shape index (κ2) is 5.65. The number of nitrogens with zero attached hydrogens (tertiary/aromatic N) is 3. The van der Waals surface area contributed by atoms with E-state index in [4.69, 9.17) is 0 Å². The number of rotatable bonds is 3. The summed E-state index contributed by atoms with van der Waals surface area (Å²) in [5, 5.41) is 0. The van der Waals surface area contributed by atoms with Crippen LogP contribution >= 0.6 is 0 Å². The lowest BCUT2D eigenvalue weighted by Gasteiger charge is -2.18. The van der Waals surface area contributed by atoms with Crippen LogP contribution in [0.3, 0.4) is 0 Å². The Hall–Kier alpha value is -3.01. The summed E-state index contributed by atoms with van der Waals surface area (Å²) in [6, 6.07) is 19.6. The smallest absolute Gasteiger partial charge is 0.239 e. The van der Waals surface area contributed by atoms with Gasteiger partial charge in [-0.25, -0.2) is 9.97 Å². The molecule has 0 saturated carbocycles. The number of para-hydroxylation sites is 2. The van der Waals surface area contributed by atoms with Crippen molar-refractivity contribution in [3.05, 3.63) is 84.4 Å². The van der Waals surface area contributed by atoms with E-state index in [9.17, 15) is 4.79 Å². The Bertz CT molecular complexity index is 834. The molecule has 1 aliphatic heterocycles. The summed E-state index contributed by atoms with van der Waals surface area (Å²) in [5.74, 6) is -0.114. The Kier molecular flexibility index (Phi) is 3.35. The molecule has 4 nitrogen and oxygen atoms in total. The lowest BCUT2D eigenvalue weighted by molar-refractivity contribution is -0.118. The highest BCUT2D eigenvalue weighted by Crippen LogP contribution is 2.42. The molecule has 0 aliphatic carbocycles. The van der Waals surface area contributed by atoms with E-state index in [-0.39, 0.29) is 11.8 Å². The zero-order valence-corrected chi connectivity index (χ0v) is 12.5. The van der Waals surface area contributed by atoms with Crippen LogP contribution in [0.15, 0.2) is 73.2 Å². The number of aromatic nitrogens is 2. The van der Waals surface area contributed by atoms with Crippen LogP contribution in [0.1, 0.15) is 17.2 Å². The molecule has 23 heavy (non-hydrogen) atoms. The van der Waals surface area contributed by atoms with Gasteiger partial charge in [0.2, 0.25) is 5.91 Å². The highest BCUT2D eigenvalue weighted by Gasteiger charge is 2.37. The van der Waals surface area contributed by atoms with Crippen LogP contribution < -0.4 is 4.90 Å². The second-order valence-electron chi connectivity index (χ2n) is 5.53. The van der Waals surface area contributed by atoms with E-state index < -0.39 is 0 Å². The van der Waals surface area contributed by atoms with Crippen LogP contribution in [0.5, 0.6) is 0 Å². The zero-order valence-electron chi connectivity index (χ0n) is 12.5. The second-order valence-corrected chi connectivity index (χ2v) is 5.53. The summed E-state index contributed by atoms with van der Waals surface area (Å²) >= 11 is 0. The minimum atomic E-state index is -0.207. The van der Waals surface area contributed by atoms with Crippen molar-refractivity contribution in [2.75, 3.05) is 4.90 Å². The van der Waals surface area contributed by atoms with Gasteiger partial charge in [-0.2, -0.15) is 0 Å². The maximum absolute atomic E-state index is 13.0. The Labute approximate surface area is 134 Å². The molecule has 1 aromatic heterocycles. The lowest BCUT2D eigenvalue weighted by atomic mass is 9.96. The number of fused-ring (bicyclic) bond motifs is 1. The van der Waals surface area contributed by atoms with Crippen LogP contribution in [0.25, 0.3) is 0 Å². The lowest BCUT2D eigenvalue weighted by Crippen LogP contribution is -2.24. The molecule has 4 heteroatoms. The quantitative estimate of drug-likeness (QED) is 0.744. The number of amides is 1. The van der Waals surface area contributed by atoms with Gasteiger partial charge in [0.15, 0.2) is 0 Å². The summed E-state index contributed by atoms with van der Waals surface area (Å²) < 4.78 is 0. The van der Waals surface area contributed by atoms with Crippen LogP contribution in [0, 0.1) is 0 Å². The third-order valence-electron chi connectivity index (χ3n) is 4.14. The minimum Gasteiger partial charge on any atom is -0.280 e. The number of hydrogen-bond donors (Lipinski definition) is 0. The first-order chi connectivity index (χ1) is 11.3. The first kappa shape index (κ1) is 13.6. The number of benzene rings is 2. The molecule has 0 spiro atoms. The zero-order chi connectivity index (χ0) is 15.6. The van der Waals surface area contributed by atoms with Crippen molar-refractivity contribution < 1.29 is 4.79 Å². The molecule has 0 bridgehead atoms. The maximum Gasteiger partial charge on any atom is 0.239 e. The van der Waals surface area contributed by atoms with Crippen LogP contribution in [-0.2, 0) is 11.2 Å². The summed E-state index contributed by atoms with van der Waals surface area (Å²) in [4.78, 5) is 23.1. The van der Waals surface area contributed by atoms with Gasteiger partial charge >= 0.3 is 0 Å². The van der Waals surface area contributed by atoms with Gasteiger partial charge in [-0.1, -0.05) is 36.4 Å². The first-order valence-electron chi connectivity index (χ1n) is 7.57.